The van der Waals surface area contributed by atoms with E-state index in [1.165, 1.54) is 6.92 Å². The number of rotatable bonds is 1. The van der Waals surface area contributed by atoms with Crippen molar-refractivity contribution in [1.82, 2.24) is 9.97 Å². The number of hydrogen-bond donors (Lipinski definition) is 0. The number of esters is 1. The van der Waals surface area contributed by atoms with Crippen molar-refractivity contribution in [3.63, 3.8) is 0 Å². The Balaban J connectivity index is 2.16. The Kier molecular flexibility index (Phi) is 2.76. The van der Waals surface area contributed by atoms with Crippen LogP contribution in [-0.4, -0.2) is 15.9 Å². The summed E-state index contributed by atoms with van der Waals surface area (Å²) in [5.74, 6) is 0.165. The molecule has 4 heteroatoms. The van der Waals surface area contributed by atoms with Gasteiger partial charge in [-0.25, -0.2) is 9.97 Å². The molecular formula is C18H12N2O2. The van der Waals surface area contributed by atoms with Crippen LogP contribution in [0.2, 0.25) is 0 Å². The SMILES string of the molecule is CC(=O)Oc1cc2nc3ccccc3nc2c2ccccc12. The van der Waals surface area contributed by atoms with Crippen molar-refractivity contribution < 1.29 is 9.53 Å². The molecule has 0 fully saturated rings. The quantitative estimate of drug-likeness (QED) is 0.231. The van der Waals surface area contributed by atoms with Crippen LogP contribution in [0.25, 0.3) is 32.8 Å². The van der Waals surface area contributed by atoms with E-state index in [2.05, 4.69) is 4.98 Å². The van der Waals surface area contributed by atoms with Gasteiger partial charge in [0.15, 0.2) is 0 Å². The number of benzene rings is 3. The minimum Gasteiger partial charge on any atom is -0.426 e. The first-order valence-electron chi connectivity index (χ1n) is 6.99. The maximum atomic E-state index is 11.3. The number of hydrogen-bond acceptors (Lipinski definition) is 4. The van der Waals surface area contributed by atoms with Gasteiger partial charge in [0.25, 0.3) is 0 Å². The van der Waals surface area contributed by atoms with Gasteiger partial charge in [-0.05, 0) is 12.1 Å². The smallest absolute Gasteiger partial charge is 0.308 e. The standard InChI is InChI=1S/C18H12N2O2/c1-11(21)22-17-10-16-18(13-7-3-2-6-12(13)17)20-15-9-5-4-8-14(15)19-16/h2-10H,1H3. The van der Waals surface area contributed by atoms with Crippen molar-refractivity contribution in [2.75, 3.05) is 0 Å². The van der Waals surface area contributed by atoms with Crippen LogP contribution in [0.15, 0.2) is 54.6 Å². The van der Waals surface area contributed by atoms with Crippen molar-refractivity contribution in [3.8, 4) is 5.75 Å². The summed E-state index contributed by atoms with van der Waals surface area (Å²) in [5, 5.41) is 1.78. The highest BCUT2D eigenvalue weighted by atomic mass is 16.5. The molecule has 4 aromatic rings. The molecule has 0 aliphatic heterocycles. The Labute approximate surface area is 126 Å². The molecule has 0 aliphatic rings. The topological polar surface area (TPSA) is 52.1 Å². The van der Waals surface area contributed by atoms with Gasteiger partial charge in [0, 0.05) is 23.8 Å². The number of para-hydroxylation sites is 2. The first-order chi connectivity index (χ1) is 10.7. The molecule has 0 spiro atoms. The van der Waals surface area contributed by atoms with E-state index in [9.17, 15) is 4.79 Å². The third-order valence-corrected chi connectivity index (χ3v) is 3.57. The Bertz CT molecular complexity index is 1040. The maximum absolute atomic E-state index is 11.3. The second kappa shape index (κ2) is 4.77. The van der Waals surface area contributed by atoms with Gasteiger partial charge in [0.2, 0.25) is 0 Å². The molecule has 1 heterocycles. The molecule has 0 unspecified atom stereocenters. The van der Waals surface area contributed by atoms with Crippen LogP contribution in [0, 0.1) is 0 Å². The summed E-state index contributed by atoms with van der Waals surface area (Å²) in [7, 11) is 0. The Morgan fingerprint density at radius 1 is 0.864 bits per heavy atom. The molecule has 4 rings (SSSR count). The lowest BCUT2D eigenvalue weighted by Crippen LogP contribution is -2.02. The summed E-state index contributed by atoms with van der Waals surface area (Å²) in [6, 6.07) is 17.2. The zero-order valence-electron chi connectivity index (χ0n) is 11.9. The predicted molar refractivity (Wildman–Crippen MR) is 85.9 cm³/mol. The van der Waals surface area contributed by atoms with Crippen molar-refractivity contribution in [3.05, 3.63) is 54.6 Å². The molecule has 106 valence electrons. The zero-order valence-corrected chi connectivity index (χ0v) is 11.9. The second-order valence-corrected chi connectivity index (χ2v) is 5.09. The molecule has 22 heavy (non-hydrogen) atoms. The van der Waals surface area contributed by atoms with E-state index in [4.69, 9.17) is 9.72 Å². The van der Waals surface area contributed by atoms with Gasteiger partial charge in [0.05, 0.1) is 22.1 Å². The molecule has 3 aromatic carbocycles. The maximum Gasteiger partial charge on any atom is 0.308 e. The fraction of sp³-hybridized carbons (Fsp3) is 0.0556. The number of ether oxygens (including phenoxy) is 1. The summed E-state index contributed by atoms with van der Waals surface area (Å²) in [4.78, 5) is 20.7. The van der Waals surface area contributed by atoms with E-state index in [1.807, 2.05) is 48.5 Å². The highest BCUT2D eigenvalue weighted by molar-refractivity contribution is 6.09. The van der Waals surface area contributed by atoms with Crippen molar-refractivity contribution in [2.45, 2.75) is 6.92 Å². The molecule has 0 saturated heterocycles. The summed E-state index contributed by atoms with van der Waals surface area (Å²) >= 11 is 0. The largest absolute Gasteiger partial charge is 0.426 e. The van der Waals surface area contributed by atoms with E-state index in [1.54, 1.807) is 6.07 Å². The van der Waals surface area contributed by atoms with E-state index >= 15 is 0 Å². The van der Waals surface area contributed by atoms with Crippen LogP contribution in [0.1, 0.15) is 6.92 Å². The van der Waals surface area contributed by atoms with Gasteiger partial charge in [-0.15, -0.1) is 0 Å². The normalized spacial score (nSPS) is 11.1. The fourth-order valence-corrected chi connectivity index (χ4v) is 2.66. The van der Waals surface area contributed by atoms with Gasteiger partial charge < -0.3 is 4.74 Å². The van der Waals surface area contributed by atoms with Crippen LogP contribution in [-0.2, 0) is 4.79 Å². The van der Waals surface area contributed by atoms with Crippen LogP contribution < -0.4 is 4.74 Å². The lowest BCUT2D eigenvalue weighted by molar-refractivity contribution is -0.131. The molecule has 1 aromatic heterocycles. The monoisotopic (exact) mass is 288 g/mol. The summed E-state index contributed by atoms with van der Waals surface area (Å²) < 4.78 is 5.34. The van der Waals surface area contributed by atoms with Gasteiger partial charge in [-0.3, -0.25) is 4.79 Å². The predicted octanol–water partition coefficient (Wildman–Crippen LogP) is 3.86. The Morgan fingerprint density at radius 2 is 1.50 bits per heavy atom. The minimum atomic E-state index is -0.349. The highest BCUT2D eigenvalue weighted by Crippen LogP contribution is 2.32. The van der Waals surface area contributed by atoms with Crippen LogP contribution >= 0.6 is 0 Å². The average molecular weight is 288 g/mol. The average Bonchev–Trinajstić information content (AvgIpc) is 2.53. The Morgan fingerprint density at radius 3 is 2.23 bits per heavy atom. The zero-order chi connectivity index (χ0) is 15.1. The van der Waals surface area contributed by atoms with Crippen molar-refractivity contribution in [2.24, 2.45) is 0 Å². The molecule has 0 aliphatic carbocycles. The fourth-order valence-electron chi connectivity index (χ4n) is 2.66. The molecule has 0 atom stereocenters. The lowest BCUT2D eigenvalue weighted by Gasteiger charge is -2.09. The van der Waals surface area contributed by atoms with Gasteiger partial charge in [0.1, 0.15) is 5.75 Å². The number of fused-ring (bicyclic) bond motifs is 4. The third-order valence-electron chi connectivity index (χ3n) is 3.57. The van der Waals surface area contributed by atoms with Crippen LogP contribution in [0.3, 0.4) is 0 Å². The summed E-state index contributed by atoms with van der Waals surface area (Å²) in [6.07, 6.45) is 0. The number of carbonyl (C=O) groups is 1. The van der Waals surface area contributed by atoms with Crippen molar-refractivity contribution in [1.29, 1.82) is 0 Å². The van der Waals surface area contributed by atoms with E-state index < -0.39 is 0 Å². The molecule has 0 N–H and O–H groups in total. The minimum absolute atomic E-state index is 0.349. The second-order valence-electron chi connectivity index (χ2n) is 5.09. The van der Waals surface area contributed by atoms with E-state index in [0.717, 1.165) is 27.3 Å². The van der Waals surface area contributed by atoms with Crippen molar-refractivity contribution >= 4 is 38.8 Å². The molecule has 0 amide bonds. The summed E-state index contributed by atoms with van der Waals surface area (Å²) in [6.45, 7) is 1.39. The first kappa shape index (κ1) is 12.7. The lowest BCUT2D eigenvalue weighted by atomic mass is 10.1. The van der Waals surface area contributed by atoms with Gasteiger partial charge in [-0.1, -0.05) is 36.4 Å². The van der Waals surface area contributed by atoms with E-state index in [0.29, 0.717) is 11.3 Å². The van der Waals surface area contributed by atoms with Crippen LogP contribution in [0.4, 0.5) is 0 Å². The van der Waals surface area contributed by atoms with Gasteiger partial charge in [-0.2, -0.15) is 0 Å². The summed E-state index contributed by atoms with van der Waals surface area (Å²) in [5.41, 5.74) is 3.19. The Hall–Kier alpha value is -3.01. The van der Waals surface area contributed by atoms with E-state index in [-0.39, 0.29) is 5.97 Å². The molecule has 0 radical (unpaired) electrons. The molecule has 0 saturated carbocycles. The highest BCUT2D eigenvalue weighted by Gasteiger charge is 2.12. The number of carbonyl (C=O) groups excluding carboxylic acids is 1. The molecular weight excluding hydrogens is 276 g/mol. The number of nitrogens with zero attached hydrogens (tertiary/aromatic N) is 2. The van der Waals surface area contributed by atoms with Crippen LogP contribution in [0.5, 0.6) is 5.75 Å². The molecule has 0 bridgehead atoms. The molecule has 4 nitrogen and oxygen atoms in total. The third kappa shape index (κ3) is 1.97. The number of aromatic nitrogens is 2. The first-order valence-corrected chi connectivity index (χ1v) is 6.99. The van der Waals surface area contributed by atoms with Gasteiger partial charge >= 0.3 is 5.97 Å².